The highest BCUT2D eigenvalue weighted by Gasteiger charge is 2.16. The first-order valence-corrected chi connectivity index (χ1v) is 10.5. The summed E-state index contributed by atoms with van der Waals surface area (Å²) in [6, 6.07) is 10.00. The summed E-state index contributed by atoms with van der Waals surface area (Å²) >= 11 is 0. The molecule has 1 amide bonds. The van der Waals surface area contributed by atoms with Gasteiger partial charge in [0.15, 0.2) is 0 Å². The topological polar surface area (TPSA) is 75.3 Å². The van der Waals surface area contributed by atoms with Crippen molar-refractivity contribution in [2.24, 2.45) is 0 Å². The van der Waals surface area contributed by atoms with Crippen LogP contribution in [0.4, 0.5) is 0 Å². The van der Waals surface area contributed by atoms with E-state index in [1.54, 1.807) is 0 Å². The SMILES string of the molecule is O=C(CNS(=O)(=O)CCCc1ccccc1)NC1CCCCCC1. The van der Waals surface area contributed by atoms with Gasteiger partial charge in [0.1, 0.15) is 0 Å². The largest absolute Gasteiger partial charge is 0.352 e. The molecule has 1 saturated carbocycles. The van der Waals surface area contributed by atoms with Crippen molar-refractivity contribution in [1.82, 2.24) is 10.0 Å². The van der Waals surface area contributed by atoms with Gasteiger partial charge in [0.2, 0.25) is 15.9 Å². The number of benzene rings is 1. The molecule has 0 spiro atoms. The zero-order valence-corrected chi connectivity index (χ0v) is 15.0. The zero-order chi connectivity index (χ0) is 17.3. The molecule has 1 aromatic rings. The smallest absolute Gasteiger partial charge is 0.235 e. The van der Waals surface area contributed by atoms with Crippen LogP contribution in [0.1, 0.15) is 50.5 Å². The Balaban J connectivity index is 1.66. The average Bonchev–Trinajstić information content (AvgIpc) is 2.83. The van der Waals surface area contributed by atoms with Crippen molar-refractivity contribution in [3.05, 3.63) is 35.9 Å². The molecular weight excluding hydrogens is 324 g/mol. The van der Waals surface area contributed by atoms with Gasteiger partial charge in [-0.3, -0.25) is 4.79 Å². The summed E-state index contributed by atoms with van der Waals surface area (Å²) in [5.41, 5.74) is 1.12. The van der Waals surface area contributed by atoms with Crippen molar-refractivity contribution in [2.75, 3.05) is 12.3 Å². The third-order valence-electron chi connectivity index (χ3n) is 4.39. The summed E-state index contributed by atoms with van der Waals surface area (Å²) < 4.78 is 26.4. The number of hydrogen-bond donors (Lipinski definition) is 2. The van der Waals surface area contributed by atoms with Gasteiger partial charge in [-0.15, -0.1) is 0 Å². The molecule has 2 rings (SSSR count). The van der Waals surface area contributed by atoms with Crippen LogP contribution in [-0.4, -0.2) is 32.7 Å². The molecular formula is C18H28N2O3S. The molecule has 0 saturated heterocycles. The van der Waals surface area contributed by atoms with Gasteiger partial charge in [-0.25, -0.2) is 13.1 Å². The highest BCUT2D eigenvalue weighted by atomic mass is 32.2. The first-order valence-electron chi connectivity index (χ1n) is 8.86. The van der Waals surface area contributed by atoms with Gasteiger partial charge in [0.25, 0.3) is 0 Å². The van der Waals surface area contributed by atoms with E-state index in [9.17, 15) is 13.2 Å². The minimum Gasteiger partial charge on any atom is -0.352 e. The van der Waals surface area contributed by atoms with Crippen molar-refractivity contribution < 1.29 is 13.2 Å². The molecule has 0 radical (unpaired) electrons. The van der Waals surface area contributed by atoms with Crippen LogP contribution in [0, 0.1) is 0 Å². The third-order valence-corrected chi connectivity index (χ3v) is 5.80. The second kappa shape index (κ2) is 9.79. The van der Waals surface area contributed by atoms with E-state index in [1.165, 1.54) is 12.8 Å². The Morgan fingerprint density at radius 1 is 1.04 bits per heavy atom. The van der Waals surface area contributed by atoms with E-state index in [1.807, 2.05) is 30.3 Å². The minimum atomic E-state index is -3.41. The number of amides is 1. The van der Waals surface area contributed by atoms with Crippen LogP contribution in [0.3, 0.4) is 0 Å². The first-order chi connectivity index (χ1) is 11.6. The summed E-state index contributed by atoms with van der Waals surface area (Å²) in [5.74, 6) is -0.188. The fraction of sp³-hybridized carbons (Fsp3) is 0.611. The predicted octanol–water partition coefficient (Wildman–Crippen LogP) is 2.38. The van der Waals surface area contributed by atoms with Crippen molar-refractivity contribution >= 4 is 15.9 Å². The van der Waals surface area contributed by atoms with Crippen LogP contribution in [0.25, 0.3) is 0 Å². The number of sulfonamides is 1. The average molecular weight is 353 g/mol. The molecule has 1 fully saturated rings. The molecule has 0 aromatic heterocycles. The maximum atomic E-state index is 12.0. The van der Waals surface area contributed by atoms with Gasteiger partial charge in [-0.1, -0.05) is 56.0 Å². The lowest BCUT2D eigenvalue weighted by molar-refractivity contribution is -0.120. The van der Waals surface area contributed by atoms with E-state index in [4.69, 9.17) is 0 Å². The van der Waals surface area contributed by atoms with Crippen LogP contribution in [0.5, 0.6) is 0 Å². The molecule has 0 atom stereocenters. The van der Waals surface area contributed by atoms with Crippen LogP contribution < -0.4 is 10.0 Å². The molecule has 0 unspecified atom stereocenters. The Hall–Kier alpha value is -1.40. The summed E-state index contributed by atoms with van der Waals surface area (Å²) in [6.07, 6.45) is 7.97. The van der Waals surface area contributed by atoms with E-state index < -0.39 is 10.0 Å². The number of carbonyl (C=O) groups is 1. The molecule has 1 aromatic carbocycles. The number of hydrogen-bond acceptors (Lipinski definition) is 3. The predicted molar refractivity (Wildman–Crippen MR) is 96.2 cm³/mol. The molecule has 2 N–H and O–H groups in total. The van der Waals surface area contributed by atoms with Gasteiger partial charge >= 0.3 is 0 Å². The van der Waals surface area contributed by atoms with Crippen LogP contribution >= 0.6 is 0 Å². The normalized spacial score (nSPS) is 16.5. The quantitative estimate of drug-likeness (QED) is 0.705. The Morgan fingerprint density at radius 3 is 2.38 bits per heavy atom. The number of aryl methyl sites for hydroxylation is 1. The Kier molecular flexibility index (Phi) is 7.72. The van der Waals surface area contributed by atoms with Crippen molar-refractivity contribution in [1.29, 1.82) is 0 Å². The summed E-state index contributed by atoms with van der Waals surface area (Å²) in [5, 5.41) is 2.95. The van der Waals surface area contributed by atoms with Crippen molar-refractivity contribution in [3.63, 3.8) is 0 Å². The molecule has 5 nitrogen and oxygen atoms in total. The van der Waals surface area contributed by atoms with E-state index in [2.05, 4.69) is 10.0 Å². The molecule has 24 heavy (non-hydrogen) atoms. The van der Waals surface area contributed by atoms with Crippen LogP contribution in [0.2, 0.25) is 0 Å². The molecule has 0 bridgehead atoms. The lowest BCUT2D eigenvalue weighted by Gasteiger charge is -2.16. The third kappa shape index (κ3) is 7.45. The lowest BCUT2D eigenvalue weighted by Crippen LogP contribution is -2.42. The van der Waals surface area contributed by atoms with E-state index in [-0.39, 0.29) is 24.2 Å². The van der Waals surface area contributed by atoms with E-state index >= 15 is 0 Å². The highest BCUT2D eigenvalue weighted by Crippen LogP contribution is 2.16. The number of carbonyl (C=O) groups excluding carboxylic acids is 1. The van der Waals surface area contributed by atoms with Gasteiger partial charge in [-0.05, 0) is 31.2 Å². The molecule has 0 aliphatic heterocycles. The Labute approximate surface area is 145 Å². The second-order valence-electron chi connectivity index (χ2n) is 6.49. The Morgan fingerprint density at radius 2 is 1.71 bits per heavy atom. The standard InChI is InChI=1S/C18H28N2O3S/c21-18(20-17-12-6-1-2-7-13-17)15-19-24(22,23)14-8-11-16-9-4-3-5-10-16/h3-5,9-10,17,19H,1-2,6-8,11-15H2,(H,20,21). The fourth-order valence-corrected chi connectivity index (χ4v) is 4.08. The molecule has 1 aliphatic rings. The Bertz CT molecular complexity index is 594. The number of rotatable bonds is 8. The fourth-order valence-electron chi connectivity index (χ4n) is 3.06. The lowest BCUT2D eigenvalue weighted by atomic mass is 10.1. The zero-order valence-electron chi connectivity index (χ0n) is 14.2. The van der Waals surface area contributed by atoms with Crippen LogP contribution in [0.15, 0.2) is 30.3 Å². The molecule has 134 valence electrons. The minimum absolute atomic E-state index is 0.0403. The van der Waals surface area contributed by atoms with E-state index in [0.717, 1.165) is 37.7 Å². The molecule has 1 aliphatic carbocycles. The number of nitrogens with one attached hydrogen (secondary N) is 2. The van der Waals surface area contributed by atoms with Gasteiger partial charge in [-0.2, -0.15) is 0 Å². The van der Waals surface area contributed by atoms with Gasteiger partial charge < -0.3 is 5.32 Å². The highest BCUT2D eigenvalue weighted by molar-refractivity contribution is 7.89. The summed E-state index contributed by atoms with van der Waals surface area (Å²) in [6.45, 7) is -0.163. The van der Waals surface area contributed by atoms with Crippen molar-refractivity contribution in [3.8, 4) is 0 Å². The summed E-state index contributed by atoms with van der Waals surface area (Å²) in [4.78, 5) is 11.9. The first kappa shape index (κ1) is 18.9. The van der Waals surface area contributed by atoms with Gasteiger partial charge in [0, 0.05) is 6.04 Å². The molecule has 6 heteroatoms. The van der Waals surface area contributed by atoms with Gasteiger partial charge in [0.05, 0.1) is 12.3 Å². The van der Waals surface area contributed by atoms with Crippen LogP contribution in [-0.2, 0) is 21.2 Å². The summed E-state index contributed by atoms with van der Waals surface area (Å²) in [7, 11) is -3.41. The second-order valence-corrected chi connectivity index (χ2v) is 8.41. The molecule has 0 heterocycles. The monoisotopic (exact) mass is 352 g/mol. The van der Waals surface area contributed by atoms with Crippen molar-refractivity contribution in [2.45, 2.75) is 57.4 Å². The maximum absolute atomic E-state index is 12.0. The maximum Gasteiger partial charge on any atom is 0.235 e. The van der Waals surface area contributed by atoms with E-state index in [0.29, 0.717) is 6.42 Å².